The minimum absolute atomic E-state index is 0.0256. The number of nitrogens with zero attached hydrogens (tertiary/aromatic N) is 4. The molecule has 0 radical (unpaired) electrons. The van der Waals surface area contributed by atoms with Crippen molar-refractivity contribution < 1.29 is 4.79 Å². The zero-order chi connectivity index (χ0) is 16.4. The van der Waals surface area contributed by atoms with Crippen LogP contribution in [0.5, 0.6) is 0 Å². The molecule has 3 heterocycles. The molecule has 24 heavy (non-hydrogen) atoms. The first-order chi connectivity index (χ1) is 11.8. The Morgan fingerprint density at radius 3 is 2.88 bits per heavy atom. The van der Waals surface area contributed by atoms with Crippen LogP contribution < -0.4 is 0 Å². The van der Waals surface area contributed by atoms with Crippen molar-refractivity contribution in [1.29, 1.82) is 0 Å². The van der Waals surface area contributed by atoms with E-state index in [2.05, 4.69) is 27.1 Å². The van der Waals surface area contributed by atoms with Crippen LogP contribution in [-0.2, 0) is 6.42 Å². The van der Waals surface area contributed by atoms with Crippen LogP contribution in [0.25, 0.3) is 10.9 Å². The Morgan fingerprint density at radius 2 is 2.00 bits per heavy atom. The van der Waals surface area contributed by atoms with Crippen LogP contribution in [0.3, 0.4) is 0 Å². The predicted molar refractivity (Wildman–Crippen MR) is 91.5 cm³/mol. The number of hydrogen-bond acceptors (Lipinski definition) is 4. The molecule has 4 rings (SSSR count). The molecule has 1 amide bonds. The number of likely N-dealkylation sites (tertiary alicyclic amines) is 1. The Labute approximate surface area is 140 Å². The van der Waals surface area contributed by atoms with Crippen molar-refractivity contribution >= 4 is 16.8 Å². The molecule has 1 saturated heterocycles. The molecule has 5 nitrogen and oxygen atoms in total. The highest BCUT2D eigenvalue weighted by atomic mass is 16.2. The van der Waals surface area contributed by atoms with Crippen molar-refractivity contribution in [2.75, 3.05) is 13.1 Å². The quantitative estimate of drug-likeness (QED) is 0.745. The van der Waals surface area contributed by atoms with Gasteiger partial charge in [-0.05, 0) is 36.5 Å². The first-order valence-corrected chi connectivity index (χ1v) is 8.18. The van der Waals surface area contributed by atoms with Gasteiger partial charge in [0.1, 0.15) is 6.33 Å². The van der Waals surface area contributed by atoms with E-state index in [0.29, 0.717) is 11.5 Å². The zero-order valence-corrected chi connectivity index (χ0v) is 13.3. The largest absolute Gasteiger partial charge is 0.338 e. The number of carbonyl (C=O) groups excluding carboxylic acids is 1. The summed E-state index contributed by atoms with van der Waals surface area (Å²) < 4.78 is 0. The van der Waals surface area contributed by atoms with Crippen LogP contribution in [0.4, 0.5) is 0 Å². The fourth-order valence-corrected chi connectivity index (χ4v) is 3.42. The van der Waals surface area contributed by atoms with E-state index < -0.39 is 0 Å². The first kappa shape index (κ1) is 14.8. The lowest BCUT2D eigenvalue weighted by molar-refractivity contribution is 0.0786. The van der Waals surface area contributed by atoms with Crippen molar-refractivity contribution in [3.63, 3.8) is 0 Å². The summed E-state index contributed by atoms with van der Waals surface area (Å²) in [6.07, 6.45) is 8.47. The summed E-state index contributed by atoms with van der Waals surface area (Å²) in [5, 5.41) is 1.21. The van der Waals surface area contributed by atoms with Crippen LogP contribution in [-0.4, -0.2) is 38.8 Å². The van der Waals surface area contributed by atoms with Crippen LogP contribution in [0.2, 0.25) is 0 Å². The van der Waals surface area contributed by atoms with E-state index in [1.54, 1.807) is 12.4 Å². The monoisotopic (exact) mass is 318 g/mol. The Bertz CT molecular complexity index is 860. The normalized spacial score (nSPS) is 17.3. The number of fused-ring (bicyclic) bond motifs is 1. The summed E-state index contributed by atoms with van der Waals surface area (Å²) in [5.41, 5.74) is 2.90. The second-order valence-corrected chi connectivity index (χ2v) is 6.22. The predicted octanol–water partition coefficient (Wildman–Crippen LogP) is 2.73. The molecule has 1 aromatic carbocycles. The number of hydrogen-bond donors (Lipinski definition) is 0. The lowest BCUT2D eigenvalue weighted by atomic mass is 9.96. The summed E-state index contributed by atoms with van der Waals surface area (Å²) in [6.45, 7) is 1.58. The molecule has 1 aliphatic heterocycles. The van der Waals surface area contributed by atoms with Gasteiger partial charge in [-0.2, -0.15) is 0 Å². The van der Waals surface area contributed by atoms with Gasteiger partial charge in [0.25, 0.3) is 5.91 Å². The molecule has 120 valence electrons. The second-order valence-electron chi connectivity index (χ2n) is 6.22. The van der Waals surface area contributed by atoms with E-state index in [4.69, 9.17) is 0 Å². The van der Waals surface area contributed by atoms with Crippen LogP contribution >= 0.6 is 0 Å². The highest BCUT2D eigenvalue weighted by molar-refractivity contribution is 5.93. The van der Waals surface area contributed by atoms with Gasteiger partial charge in [0, 0.05) is 37.1 Å². The van der Waals surface area contributed by atoms with Crippen LogP contribution in [0, 0.1) is 5.92 Å². The average molecular weight is 318 g/mol. The SMILES string of the molecule is O=C(c1cncnc1)N1CCC(Cc2ccnc3ccccc23)C1. The summed E-state index contributed by atoms with van der Waals surface area (Å²) in [5.74, 6) is 0.502. The molecule has 1 atom stereocenters. The maximum absolute atomic E-state index is 12.5. The van der Waals surface area contributed by atoms with E-state index >= 15 is 0 Å². The van der Waals surface area contributed by atoms with Gasteiger partial charge in [0.2, 0.25) is 0 Å². The fourth-order valence-electron chi connectivity index (χ4n) is 3.42. The standard InChI is InChI=1S/C19H18N4O/c24-19(16-10-20-13-21-11-16)23-8-6-14(12-23)9-15-5-7-22-18-4-2-1-3-17(15)18/h1-5,7,10-11,13-14H,6,8-9,12H2. The van der Waals surface area contributed by atoms with Gasteiger partial charge in [-0.25, -0.2) is 9.97 Å². The number of carbonyl (C=O) groups is 1. The Hall–Kier alpha value is -2.82. The third-order valence-corrected chi connectivity index (χ3v) is 4.63. The van der Waals surface area contributed by atoms with Crippen LogP contribution in [0.1, 0.15) is 22.3 Å². The van der Waals surface area contributed by atoms with Gasteiger partial charge in [-0.15, -0.1) is 0 Å². The van der Waals surface area contributed by atoms with Gasteiger partial charge in [0.05, 0.1) is 11.1 Å². The summed E-state index contributed by atoms with van der Waals surface area (Å²) in [4.78, 5) is 26.7. The number of para-hydroxylation sites is 1. The third-order valence-electron chi connectivity index (χ3n) is 4.63. The number of pyridine rings is 1. The molecule has 0 spiro atoms. The number of amides is 1. The van der Waals surface area contributed by atoms with Gasteiger partial charge in [0.15, 0.2) is 0 Å². The molecule has 5 heteroatoms. The lowest BCUT2D eigenvalue weighted by Gasteiger charge is -2.16. The van der Waals surface area contributed by atoms with Crippen LogP contribution in [0.15, 0.2) is 55.2 Å². The molecule has 0 saturated carbocycles. The van der Waals surface area contributed by atoms with Crippen molar-refractivity contribution in [3.8, 4) is 0 Å². The Balaban J connectivity index is 1.48. The van der Waals surface area contributed by atoms with Gasteiger partial charge < -0.3 is 4.90 Å². The summed E-state index contributed by atoms with van der Waals surface area (Å²) >= 11 is 0. The van der Waals surface area contributed by atoms with E-state index in [1.165, 1.54) is 17.3 Å². The van der Waals surface area contributed by atoms with Gasteiger partial charge in [-0.1, -0.05) is 18.2 Å². The first-order valence-electron chi connectivity index (χ1n) is 8.18. The Morgan fingerprint density at radius 1 is 1.17 bits per heavy atom. The fraction of sp³-hybridized carbons (Fsp3) is 0.263. The molecule has 1 unspecified atom stereocenters. The molecule has 1 aliphatic rings. The van der Waals surface area contributed by atoms with Gasteiger partial charge in [-0.3, -0.25) is 9.78 Å². The molecule has 0 aliphatic carbocycles. The van der Waals surface area contributed by atoms with Crippen molar-refractivity contribution in [1.82, 2.24) is 19.9 Å². The lowest BCUT2D eigenvalue weighted by Crippen LogP contribution is -2.29. The minimum Gasteiger partial charge on any atom is -0.338 e. The van der Waals surface area contributed by atoms with E-state index in [0.717, 1.165) is 31.4 Å². The molecule has 3 aromatic rings. The molecule has 2 aromatic heterocycles. The maximum Gasteiger partial charge on any atom is 0.256 e. The summed E-state index contributed by atoms with van der Waals surface area (Å²) in [6, 6.07) is 10.3. The van der Waals surface area contributed by atoms with E-state index in [1.807, 2.05) is 29.3 Å². The number of benzene rings is 1. The van der Waals surface area contributed by atoms with E-state index in [-0.39, 0.29) is 5.91 Å². The van der Waals surface area contributed by atoms with Crippen molar-refractivity contribution in [2.24, 2.45) is 5.92 Å². The van der Waals surface area contributed by atoms with Crippen molar-refractivity contribution in [3.05, 3.63) is 66.4 Å². The topological polar surface area (TPSA) is 59.0 Å². The molecule has 1 fully saturated rings. The maximum atomic E-state index is 12.5. The van der Waals surface area contributed by atoms with Crippen molar-refractivity contribution in [2.45, 2.75) is 12.8 Å². The molecule has 0 bridgehead atoms. The Kier molecular flexibility index (Phi) is 3.91. The zero-order valence-electron chi connectivity index (χ0n) is 13.3. The van der Waals surface area contributed by atoms with E-state index in [9.17, 15) is 4.79 Å². The minimum atomic E-state index is 0.0256. The molecular formula is C19H18N4O. The highest BCUT2D eigenvalue weighted by Gasteiger charge is 2.27. The number of aromatic nitrogens is 3. The smallest absolute Gasteiger partial charge is 0.256 e. The average Bonchev–Trinajstić information content (AvgIpc) is 3.11. The third kappa shape index (κ3) is 2.85. The summed E-state index contributed by atoms with van der Waals surface area (Å²) in [7, 11) is 0. The molecule has 0 N–H and O–H groups in total. The van der Waals surface area contributed by atoms with Gasteiger partial charge >= 0.3 is 0 Å². The second kappa shape index (κ2) is 6.35. The number of rotatable bonds is 3. The molecular weight excluding hydrogens is 300 g/mol. The highest BCUT2D eigenvalue weighted by Crippen LogP contribution is 2.25.